The van der Waals surface area contributed by atoms with Crippen LogP contribution in [0.5, 0.6) is 5.75 Å². The zero-order valence-corrected chi connectivity index (χ0v) is 13.1. The molecule has 0 aliphatic heterocycles. The van der Waals surface area contributed by atoms with Crippen LogP contribution < -0.4 is 10.1 Å². The second-order valence-electron chi connectivity index (χ2n) is 5.20. The van der Waals surface area contributed by atoms with Crippen molar-refractivity contribution >= 4 is 11.7 Å². The minimum Gasteiger partial charge on any atom is -0.497 e. The number of methoxy groups -OCH3 is 1. The lowest BCUT2D eigenvalue weighted by molar-refractivity contribution is -0.148. The summed E-state index contributed by atoms with van der Waals surface area (Å²) in [7, 11) is 1.62. The molecule has 0 spiro atoms. The second kappa shape index (κ2) is 7.50. The number of nitrogens with one attached hydrogen (secondary N) is 1. The van der Waals surface area contributed by atoms with Gasteiger partial charge in [-0.3, -0.25) is 0 Å². The molecule has 0 amide bonds. The lowest BCUT2D eigenvalue weighted by Crippen LogP contribution is -2.25. The average molecular weight is 299 g/mol. The van der Waals surface area contributed by atoms with E-state index in [1.165, 1.54) is 0 Å². The SMILES string of the molecule is COc1ccc(N[C@@H](C(=O)OC(C)C)c2ccccc2)cc1. The summed E-state index contributed by atoms with van der Waals surface area (Å²) >= 11 is 0. The van der Waals surface area contributed by atoms with Crippen LogP contribution in [0, 0.1) is 0 Å². The van der Waals surface area contributed by atoms with Gasteiger partial charge >= 0.3 is 5.97 Å². The van der Waals surface area contributed by atoms with Crippen molar-refractivity contribution < 1.29 is 14.3 Å². The topological polar surface area (TPSA) is 47.6 Å². The van der Waals surface area contributed by atoms with Crippen molar-refractivity contribution in [1.29, 1.82) is 0 Å². The van der Waals surface area contributed by atoms with Crippen LogP contribution in [0.4, 0.5) is 5.69 Å². The molecule has 2 rings (SSSR count). The van der Waals surface area contributed by atoms with E-state index in [1.807, 2.05) is 68.4 Å². The van der Waals surface area contributed by atoms with Gasteiger partial charge in [0.1, 0.15) is 5.75 Å². The van der Waals surface area contributed by atoms with Gasteiger partial charge in [0.25, 0.3) is 0 Å². The number of benzene rings is 2. The van der Waals surface area contributed by atoms with Crippen molar-refractivity contribution in [3.63, 3.8) is 0 Å². The van der Waals surface area contributed by atoms with Gasteiger partial charge in [-0.15, -0.1) is 0 Å². The van der Waals surface area contributed by atoms with Gasteiger partial charge in [-0.25, -0.2) is 4.79 Å². The molecule has 0 aromatic heterocycles. The summed E-state index contributed by atoms with van der Waals surface area (Å²) in [6.07, 6.45) is -0.156. The summed E-state index contributed by atoms with van der Waals surface area (Å²) in [5.74, 6) is 0.476. The number of anilines is 1. The third kappa shape index (κ3) is 4.25. The number of esters is 1. The van der Waals surface area contributed by atoms with Crippen LogP contribution in [-0.2, 0) is 9.53 Å². The van der Waals surface area contributed by atoms with Gasteiger partial charge in [0, 0.05) is 5.69 Å². The Morgan fingerprint density at radius 3 is 2.18 bits per heavy atom. The van der Waals surface area contributed by atoms with Crippen LogP contribution in [0.3, 0.4) is 0 Å². The molecule has 2 aromatic rings. The molecule has 4 heteroatoms. The lowest BCUT2D eigenvalue weighted by atomic mass is 10.1. The fourth-order valence-corrected chi connectivity index (χ4v) is 2.08. The Labute approximate surface area is 131 Å². The molecular weight excluding hydrogens is 278 g/mol. The molecular formula is C18H21NO3. The van der Waals surface area contributed by atoms with Crippen molar-refractivity contribution in [2.45, 2.75) is 26.0 Å². The minimum absolute atomic E-state index is 0.156. The van der Waals surface area contributed by atoms with Crippen molar-refractivity contribution in [2.24, 2.45) is 0 Å². The number of hydrogen-bond donors (Lipinski definition) is 1. The third-order valence-electron chi connectivity index (χ3n) is 3.12. The Hall–Kier alpha value is -2.49. The van der Waals surface area contributed by atoms with Crippen LogP contribution >= 0.6 is 0 Å². The monoisotopic (exact) mass is 299 g/mol. The first kappa shape index (κ1) is 15.9. The van der Waals surface area contributed by atoms with Crippen LogP contribution in [0.1, 0.15) is 25.5 Å². The molecule has 1 N–H and O–H groups in total. The first-order chi connectivity index (χ1) is 10.6. The third-order valence-corrected chi connectivity index (χ3v) is 3.12. The number of rotatable bonds is 6. The highest BCUT2D eigenvalue weighted by Crippen LogP contribution is 2.23. The van der Waals surface area contributed by atoms with Crippen molar-refractivity contribution in [2.75, 3.05) is 12.4 Å². The Morgan fingerprint density at radius 1 is 1.00 bits per heavy atom. The standard InChI is InChI=1S/C18H21NO3/c1-13(2)22-18(20)17(14-7-5-4-6-8-14)19-15-9-11-16(21-3)12-10-15/h4-13,17,19H,1-3H3/t17-/m1/s1. The first-order valence-corrected chi connectivity index (χ1v) is 7.26. The van der Waals surface area contributed by atoms with Gasteiger partial charge in [0.15, 0.2) is 6.04 Å². The number of ether oxygens (including phenoxy) is 2. The van der Waals surface area contributed by atoms with Gasteiger partial charge in [-0.1, -0.05) is 30.3 Å². The number of carbonyl (C=O) groups excluding carboxylic acids is 1. The quantitative estimate of drug-likeness (QED) is 0.824. The average Bonchev–Trinajstić information content (AvgIpc) is 2.53. The summed E-state index contributed by atoms with van der Waals surface area (Å²) in [6.45, 7) is 3.68. The zero-order valence-electron chi connectivity index (χ0n) is 13.1. The van der Waals surface area contributed by atoms with E-state index >= 15 is 0 Å². The van der Waals surface area contributed by atoms with E-state index in [4.69, 9.17) is 9.47 Å². The largest absolute Gasteiger partial charge is 0.497 e. The number of hydrogen-bond acceptors (Lipinski definition) is 4. The van der Waals surface area contributed by atoms with Gasteiger partial charge in [0.05, 0.1) is 13.2 Å². The van der Waals surface area contributed by atoms with Gasteiger partial charge in [0.2, 0.25) is 0 Å². The summed E-state index contributed by atoms with van der Waals surface area (Å²) < 4.78 is 10.5. The Bertz CT molecular complexity index is 593. The van der Waals surface area contributed by atoms with E-state index in [1.54, 1.807) is 7.11 Å². The Morgan fingerprint density at radius 2 is 1.64 bits per heavy atom. The maximum absolute atomic E-state index is 12.4. The Balaban J connectivity index is 2.22. The van der Waals surface area contributed by atoms with Crippen LogP contribution in [0.25, 0.3) is 0 Å². The molecule has 0 radical (unpaired) electrons. The molecule has 0 saturated heterocycles. The summed E-state index contributed by atoms with van der Waals surface area (Å²) in [4.78, 5) is 12.4. The fourth-order valence-electron chi connectivity index (χ4n) is 2.08. The maximum atomic E-state index is 12.4. The van der Waals surface area contributed by atoms with Gasteiger partial charge < -0.3 is 14.8 Å². The molecule has 0 fully saturated rings. The zero-order chi connectivity index (χ0) is 15.9. The predicted octanol–water partition coefficient (Wildman–Crippen LogP) is 3.80. The van der Waals surface area contributed by atoms with E-state index in [0.29, 0.717) is 0 Å². The lowest BCUT2D eigenvalue weighted by Gasteiger charge is -2.20. The van der Waals surface area contributed by atoms with E-state index < -0.39 is 6.04 Å². The highest BCUT2D eigenvalue weighted by molar-refractivity contribution is 5.81. The summed E-state index contributed by atoms with van der Waals surface area (Å²) in [5.41, 5.74) is 1.69. The molecule has 0 heterocycles. The van der Waals surface area contributed by atoms with E-state index in [0.717, 1.165) is 17.0 Å². The van der Waals surface area contributed by atoms with Crippen molar-refractivity contribution in [1.82, 2.24) is 0 Å². The molecule has 0 aliphatic carbocycles. The normalized spacial score (nSPS) is 11.8. The molecule has 0 bridgehead atoms. The molecule has 0 saturated carbocycles. The smallest absolute Gasteiger partial charge is 0.333 e. The van der Waals surface area contributed by atoms with Gasteiger partial charge in [-0.05, 0) is 43.7 Å². The molecule has 4 nitrogen and oxygen atoms in total. The van der Waals surface area contributed by atoms with E-state index in [2.05, 4.69) is 5.32 Å². The number of carbonyl (C=O) groups is 1. The first-order valence-electron chi connectivity index (χ1n) is 7.26. The molecule has 22 heavy (non-hydrogen) atoms. The van der Waals surface area contributed by atoms with Crippen LogP contribution in [-0.4, -0.2) is 19.2 Å². The predicted molar refractivity (Wildman–Crippen MR) is 87.0 cm³/mol. The highest BCUT2D eigenvalue weighted by Gasteiger charge is 2.22. The summed E-state index contributed by atoms with van der Waals surface area (Å²) in [5, 5.41) is 3.22. The van der Waals surface area contributed by atoms with E-state index in [9.17, 15) is 4.79 Å². The molecule has 1 atom stereocenters. The molecule has 0 unspecified atom stereocenters. The van der Waals surface area contributed by atoms with Crippen LogP contribution in [0.15, 0.2) is 54.6 Å². The molecule has 116 valence electrons. The van der Waals surface area contributed by atoms with E-state index in [-0.39, 0.29) is 12.1 Å². The summed E-state index contributed by atoms with van der Waals surface area (Å²) in [6, 6.07) is 16.4. The van der Waals surface area contributed by atoms with Gasteiger partial charge in [-0.2, -0.15) is 0 Å². The van der Waals surface area contributed by atoms with Crippen molar-refractivity contribution in [3.05, 3.63) is 60.2 Å². The Kier molecular flexibility index (Phi) is 5.42. The highest BCUT2D eigenvalue weighted by atomic mass is 16.5. The van der Waals surface area contributed by atoms with Crippen molar-refractivity contribution in [3.8, 4) is 5.75 Å². The maximum Gasteiger partial charge on any atom is 0.333 e. The molecule has 0 aliphatic rings. The fraction of sp³-hybridized carbons (Fsp3) is 0.278. The minimum atomic E-state index is -0.544. The molecule has 2 aromatic carbocycles. The second-order valence-corrected chi connectivity index (χ2v) is 5.20. The van der Waals surface area contributed by atoms with Crippen LogP contribution in [0.2, 0.25) is 0 Å².